The normalized spacial score (nSPS) is 18.9. The van der Waals surface area contributed by atoms with Crippen molar-refractivity contribution in [2.45, 2.75) is 12.5 Å². The third kappa shape index (κ3) is 3.02. The summed E-state index contributed by atoms with van der Waals surface area (Å²) in [5, 5.41) is 2.72. The van der Waals surface area contributed by atoms with Crippen LogP contribution in [0.3, 0.4) is 0 Å². The largest absolute Gasteiger partial charge is 0.447 e. The van der Waals surface area contributed by atoms with Gasteiger partial charge in [-0.2, -0.15) is 0 Å². The molecule has 2 rings (SSSR count). The number of cyclic esters (lactones) is 1. The van der Waals surface area contributed by atoms with E-state index in [-0.39, 0.29) is 24.5 Å². The third-order valence-electron chi connectivity index (χ3n) is 2.20. The molecule has 0 aliphatic carbocycles. The standard InChI is InChI=1S/C10H12N2O2.ClH/c11-8-3-1-7(2-4-8)5-9-6-14-10(13)12-9;/h1-4,9H,5-6,11H2,(H,12,13);1H/t9-;/m0./s1. The van der Waals surface area contributed by atoms with E-state index >= 15 is 0 Å². The van der Waals surface area contributed by atoms with Crippen LogP contribution in [-0.2, 0) is 11.2 Å². The van der Waals surface area contributed by atoms with Gasteiger partial charge in [-0.25, -0.2) is 4.79 Å². The molecular formula is C10H13ClN2O2. The first-order chi connectivity index (χ1) is 6.74. The lowest BCUT2D eigenvalue weighted by molar-refractivity contribution is 0.177. The van der Waals surface area contributed by atoms with Crippen LogP contribution < -0.4 is 11.1 Å². The lowest BCUT2D eigenvalue weighted by Gasteiger charge is -2.06. The number of carbonyl (C=O) groups excluding carboxylic acids is 1. The van der Waals surface area contributed by atoms with E-state index in [9.17, 15) is 4.79 Å². The van der Waals surface area contributed by atoms with Gasteiger partial charge in [0.15, 0.2) is 0 Å². The second-order valence-electron chi connectivity index (χ2n) is 3.39. The van der Waals surface area contributed by atoms with Gasteiger partial charge >= 0.3 is 6.09 Å². The Balaban J connectivity index is 0.00000112. The molecule has 1 heterocycles. The molecule has 3 N–H and O–H groups in total. The fourth-order valence-corrected chi connectivity index (χ4v) is 1.47. The molecule has 0 saturated carbocycles. The number of anilines is 1. The fraction of sp³-hybridized carbons (Fsp3) is 0.300. The van der Waals surface area contributed by atoms with Gasteiger partial charge in [0.25, 0.3) is 0 Å². The van der Waals surface area contributed by atoms with Crippen molar-refractivity contribution in [2.24, 2.45) is 0 Å². The van der Waals surface area contributed by atoms with Gasteiger partial charge in [0.1, 0.15) is 6.61 Å². The summed E-state index contributed by atoms with van der Waals surface area (Å²) >= 11 is 0. The van der Waals surface area contributed by atoms with E-state index < -0.39 is 0 Å². The highest BCUT2D eigenvalue weighted by Gasteiger charge is 2.21. The van der Waals surface area contributed by atoms with Crippen LogP contribution in [0.1, 0.15) is 5.56 Å². The van der Waals surface area contributed by atoms with Gasteiger partial charge < -0.3 is 15.8 Å². The summed E-state index contributed by atoms with van der Waals surface area (Å²) in [7, 11) is 0. The highest BCUT2D eigenvalue weighted by atomic mass is 35.5. The zero-order valence-corrected chi connectivity index (χ0v) is 8.92. The minimum Gasteiger partial charge on any atom is -0.447 e. The van der Waals surface area contributed by atoms with Gasteiger partial charge in [-0.3, -0.25) is 0 Å². The smallest absolute Gasteiger partial charge is 0.407 e. The Morgan fingerprint density at radius 2 is 2.07 bits per heavy atom. The Morgan fingerprint density at radius 1 is 1.40 bits per heavy atom. The Morgan fingerprint density at radius 3 is 2.60 bits per heavy atom. The van der Waals surface area contributed by atoms with E-state index in [4.69, 9.17) is 10.5 Å². The predicted octanol–water partition coefficient (Wildman–Crippen LogP) is 1.34. The second kappa shape index (κ2) is 4.89. The number of benzene rings is 1. The maximum Gasteiger partial charge on any atom is 0.407 e. The molecular weight excluding hydrogens is 216 g/mol. The molecule has 1 atom stereocenters. The summed E-state index contributed by atoms with van der Waals surface area (Å²) in [5.41, 5.74) is 7.46. The molecule has 1 saturated heterocycles. The van der Waals surface area contributed by atoms with E-state index in [1.165, 1.54) is 0 Å². The van der Waals surface area contributed by atoms with Crippen molar-refractivity contribution in [2.75, 3.05) is 12.3 Å². The van der Waals surface area contributed by atoms with Crippen LogP contribution in [0.5, 0.6) is 0 Å². The van der Waals surface area contributed by atoms with E-state index in [2.05, 4.69) is 5.32 Å². The Hall–Kier alpha value is -1.42. The van der Waals surface area contributed by atoms with Crippen LogP contribution in [0.4, 0.5) is 10.5 Å². The number of hydrogen-bond acceptors (Lipinski definition) is 3. The lowest BCUT2D eigenvalue weighted by Crippen LogP contribution is -2.28. The fourth-order valence-electron chi connectivity index (χ4n) is 1.47. The van der Waals surface area contributed by atoms with E-state index in [1.54, 1.807) is 0 Å². The first-order valence-corrected chi connectivity index (χ1v) is 4.52. The average Bonchev–Trinajstić information content (AvgIpc) is 2.56. The molecule has 0 radical (unpaired) electrons. The Bertz CT molecular complexity index is 340. The molecule has 5 heteroatoms. The van der Waals surface area contributed by atoms with Gasteiger partial charge in [-0.1, -0.05) is 12.1 Å². The van der Waals surface area contributed by atoms with Crippen LogP contribution in [0, 0.1) is 0 Å². The van der Waals surface area contributed by atoms with Crippen LogP contribution in [0.25, 0.3) is 0 Å². The van der Waals surface area contributed by atoms with Crippen LogP contribution in [-0.4, -0.2) is 18.7 Å². The third-order valence-corrected chi connectivity index (χ3v) is 2.20. The van der Waals surface area contributed by atoms with Crippen LogP contribution >= 0.6 is 12.4 Å². The first kappa shape index (κ1) is 11.7. The summed E-state index contributed by atoms with van der Waals surface area (Å²) in [6.07, 6.45) is 0.455. The lowest BCUT2D eigenvalue weighted by atomic mass is 10.1. The van der Waals surface area contributed by atoms with E-state index in [1.807, 2.05) is 24.3 Å². The number of nitrogens with two attached hydrogens (primary N) is 1. The first-order valence-electron chi connectivity index (χ1n) is 4.52. The monoisotopic (exact) mass is 228 g/mol. The molecule has 0 spiro atoms. The van der Waals surface area contributed by atoms with Gasteiger partial charge in [0.2, 0.25) is 0 Å². The molecule has 1 fully saturated rings. The highest BCUT2D eigenvalue weighted by Crippen LogP contribution is 2.10. The zero-order valence-electron chi connectivity index (χ0n) is 8.10. The number of carbonyl (C=O) groups is 1. The van der Waals surface area contributed by atoms with Crippen molar-refractivity contribution < 1.29 is 9.53 Å². The Kier molecular flexibility index (Phi) is 3.80. The van der Waals surface area contributed by atoms with E-state index in [0.29, 0.717) is 6.61 Å². The van der Waals surface area contributed by atoms with Crippen molar-refractivity contribution in [3.05, 3.63) is 29.8 Å². The number of nitrogen functional groups attached to an aromatic ring is 1. The molecule has 1 aromatic rings. The quantitative estimate of drug-likeness (QED) is 0.751. The number of halogens is 1. The summed E-state index contributed by atoms with van der Waals surface area (Å²) in [6.45, 7) is 0.448. The summed E-state index contributed by atoms with van der Waals surface area (Å²) in [5.74, 6) is 0. The molecule has 1 aliphatic heterocycles. The maximum atomic E-state index is 10.7. The predicted molar refractivity (Wildman–Crippen MR) is 60.1 cm³/mol. The average molecular weight is 229 g/mol. The number of nitrogens with one attached hydrogen (secondary N) is 1. The van der Waals surface area contributed by atoms with Gasteiger partial charge in [-0.05, 0) is 24.1 Å². The maximum absolute atomic E-state index is 10.7. The molecule has 82 valence electrons. The van der Waals surface area contributed by atoms with Crippen molar-refractivity contribution in [1.29, 1.82) is 0 Å². The Labute approximate surface area is 94.2 Å². The summed E-state index contributed by atoms with van der Waals surface area (Å²) in [4.78, 5) is 10.7. The van der Waals surface area contributed by atoms with E-state index in [0.717, 1.165) is 17.7 Å². The summed E-state index contributed by atoms with van der Waals surface area (Å²) < 4.78 is 4.79. The molecule has 0 unspecified atom stereocenters. The van der Waals surface area contributed by atoms with Gasteiger partial charge in [-0.15, -0.1) is 12.4 Å². The second-order valence-corrected chi connectivity index (χ2v) is 3.39. The topological polar surface area (TPSA) is 64.3 Å². The molecule has 1 amide bonds. The minimum atomic E-state index is -0.328. The van der Waals surface area contributed by atoms with Crippen molar-refractivity contribution in [3.8, 4) is 0 Å². The summed E-state index contributed by atoms with van der Waals surface area (Å²) in [6, 6.07) is 7.71. The van der Waals surface area contributed by atoms with Crippen molar-refractivity contribution in [3.63, 3.8) is 0 Å². The van der Waals surface area contributed by atoms with Gasteiger partial charge in [0.05, 0.1) is 6.04 Å². The molecule has 15 heavy (non-hydrogen) atoms. The molecule has 1 aromatic carbocycles. The molecule has 0 aromatic heterocycles. The number of alkyl carbamates (subject to hydrolysis) is 1. The SMILES string of the molecule is Cl.Nc1ccc(C[C@H]2COC(=O)N2)cc1. The number of ether oxygens (including phenoxy) is 1. The van der Waals surface area contributed by atoms with Crippen molar-refractivity contribution >= 4 is 24.2 Å². The van der Waals surface area contributed by atoms with Gasteiger partial charge in [0, 0.05) is 5.69 Å². The number of amides is 1. The number of rotatable bonds is 2. The van der Waals surface area contributed by atoms with Crippen LogP contribution in [0.2, 0.25) is 0 Å². The molecule has 4 nitrogen and oxygen atoms in total. The number of hydrogen-bond donors (Lipinski definition) is 2. The van der Waals surface area contributed by atoms with Crippen LogP contribution in [0.15, 0.2) is 24.3 Å². The van der Waals surface area contributed by atoms with Crippen molar-refractivity contribution in [1.82, 2.24) is 5.32 Å². The molecule has 1 aliphatic rings. The highest BCUT2D eigenvalue weighted by molar-refractivity contribution is 5.85. The zero-order chi connectivity index (χ0) is 9.97. The molecule has 0 bridgehead atoms. The minimum absolute atomic E-state index is 0.